The molecule has 29 heavy (non-hydrogen) atoms. The highest BCUT2D eigenvalue weighted by atomic mass is 32.1. The Morgan fingerprint density at radius 3 is 2.90 bits per heavy atom. The molecule has 4 heterocycles. The number of carbonyl (C=O) groups is 1. The van der Waals surface area contributed by atoms with Gasteiger partial charge < -0.3 is 5.32 Å². The van der Waals surface area contributed by atoms with Gasteiger partial charge in [0.1, 0.15) is 22.2 Å². The summed E-state index contributed by atoms with van der Waals surface area (Å²) in [5, 5.41) is 11.6. The molecule has 0 spiro atoms. The zero-order valence-corrected chi connectivity index (χ0v) is 16.1. The van der Waals surface area contributed by atoms with Crippen LogP contribution in [0.5, 0.6) is 0 Å². The Balaban J connectivity index is 1.55. The second kappa shape index (κ2) is 6.31. The van der Waals surface area contributed by atoms with Gasteiger partial charge in [0.25, 0.3) is 11.5 Å². The molecule has 5 aromatic rings. The minimum absolute atomic E-state index is 0.175. The maximum Gasteiger partial charge on any atom is 0.263 e. The Hall–Kier alpha value is -3.93. The molecular weight excluding hydrogens is 394 g/mol. The van der Waals surface area contributed by atoms with Gasteiger partial charge in [-0.15, -0.1) is 0 Å². The van der Waals surface area contributed by atoms with Crippen molar-refractivity contribution in [1.82, 2.24) is 38.3 Å². The number of aryl methyl sites for hydroxylation is 2. The van der Waals surface area contributed by atoms with Crippen LogP contribution in [0, 0.1) is 6.92 Å². The number of hydrogen-bond donors (Lipinski definition) is 2. The summed E-state index contributed by atoms with van der Waals surface area (Å²) < 4.78 is 11.2. The van der Waals surface area contributed by atoms with Crippen molar-refractivity contribution in [3.63, 3.8) is 0 Å². The van der Waals surface area contributed by atoms with Gasteiger partial charge in [-0.05, 0) is 25.1 Å². The second-order valence-electron chi connectivity index (χ2n) is 6.40. The highest BCUT2D eigenvalue weighted by Gasteiger charge is 2.17. The van der Waals surface area contributed by atoms with Crippen molar-refractivity contribution in [2.75, 3.05) is 5.32 Å². The SMILES string of the molecule is Cc1cc(NC(=O)c2ccc3nsnc3c2)n(-c2nc3c(cnn3C)c(=O)[nH]2)n1. The van der Waals surface area contributed by atoms with Crippen LogP contribution in [0.1, 0.15) is 16.1 Å². The van der Waals surface area contributed by atoms with E-state index in [-0.39, 0.29) is 17.4 Å². The molecule has 1 amide bonds. The van der Waals surface area contributed by atoms with E-state index in [0.717, 1.165) is 17.2 Å². The highest BCUT2D eigenvalue weighted by Crippen LogP contribution is 2.18. The van der Waals surface area contributed by atoms with E-state index in [0.29, 0.717) is 33.6 Å². The van der Waals surface area contributed by atoms with Crippen LogP contribution in [-0.4, -0.2) is 44.2 Å². The first kappa shape index (κ1) is 17.2. The number of nitrogens with one attached hydrogen (secondary N) is 2. The molecule has 144 valence electrons. The molecule has 4 aromatic heterocycles. The number of benzene rings is 1. The van der Waals surface area contributed by atoms with Gasteiger partial charge in [-0.3, -0.25) is 19.3 Å². The zero-order valence-electron chi connectivity index (χ0n) is 15.2. The minimum atomic E-state index is -0.343. The molecule has 0 saturated heterocycles. The predicted octanol–water partition coefficient (Wildman–Crippen LogP) is 1.41. The van der Waals surface area contributed by atoms with Gasteiger partial charge >= 0.3 is 0 Å². The first-order chi connectivity index (χ1) is 14.0. The number of H-pyrrole nitrogens is 1. The van der Waals surface area contributed by atoms with E-state index < -0.39 is 0 Å². The van der Waals surface area contributed by atoms with Crippen molar-refractivity contribution >= 4 is 45.5 Å². The van der Waals surface area contributed by atoms with Crippen LogP contribution in [0.4, 0.5) is 5.82 Å². The summed E-state index contributed by atoms with van der Waals surface area (Å²) in [6.07, 6.45) is 1.45. The monoisotopic (exact) mass is 407 g/mol. The summed E-state index contributed by atoms with van der Waals surface area (Å²) in [6, 6.07) is 6.78. The number of aromatic amines is 1. The summed E-state index contributed by atoms with van der Waals surface area (Å²) in [7, 11) is 1.69. The van der Waals surface area contributed by atoms with E-state index in [9.17, 15) is 9.59 Å². The van der Waals surface area contributed by atoms with Gasteiger partial charge in [0.2, 0.25) is 5.95 Å². The first-order valence-corrected chi connectivity index (χ1v) is 9.25. The number of nitrogens with zero attached hydrogens (tertiary/aromatic N) is 7. The third-order valence-corrected chi connectivity index (χ3v) is 4.94. The van der Waals surface area contributed by atoms with Crippen LogP contribution < -0.4 is 10.9 Å². The average Bonchev–Trinajstić information content (AvgIpc) is 3.40. The molecule has 0 bridgehead atoms. The number of anilines is 1. The van der Waals surface area contributed by atoms with E-state index >= 15 is 0 Å². The largest absolute Gasteiger partial charge is 0.306 e. The third-order valence-electron chi connectivity index (χ3n) is 4.38. The molecule has 12 heteroatoms. The number of hydrogen-bond acceptors (Lipinski definition) is 8. The van der Waals surface area contributed by atoms with Crippen LogP contribution >= 0.6 is 11.7 Å². The second-order valence-corrected chi connectivity index (χ2v) is 6.93. The molecule has 0 unspecified atom stereocenters. The number of rotatable bonds is 3. The van der Waals surface area contributed by atoms with E-state index in [1.54, 1.807) is 38.2 Å². The smallest absolute Gasteiger partial charge is 0.263 e. The lowest BCUT2D eigenvalue weighted by molar-refractivity contribution is 0.102. The van der Waals surface area contributed by atoms with E-state index in [1.807, 2.05) is 0 Å². The molecule has 0 aliphatic carbocycles. The molecular formula is C17H13N9O2S. The molecule has 0 atom stereocenters. The maximum absolute atomic E-state index is 12.8. The highest BCUT2D eigenvalue weighted by molar-refractivity contribution is 7.00. The number of amides is 1. The minimum Gasteiger partial charge on any atom is -0.306 e. The van der Waals surface area contributed by atoms with Crippen molar-refractivity contribution in [2.45, 2.75) is 6.92 Å². The van der Waals surface area contributed by atoms with Gasteiger partial charge in [-0.2, -0.15) is 28.6 Å². The lowest BCUT2D eigenvalue weighted by Crippen LogP contribution is -2.19. The van der Waals surface area contributed by atoms with Crippen LogP contribution in [0.3, 0.4) is 0 Å². The summed E-state index contributed by atoms with van der Waals surface area (Å²) in [5.41, 5.74) is 2.53. The number of aromatic nitrogens is 8. The Morgan fingerprint density at radius 1 is 1.21 bits per heavy atom. The number of carbonyl (C=O) groups excluding carboxylic acids is 1. The van der Waals surface area contributed by atoms with Crippen molar-refractivity contribution < 1.29 is 4.79 Å². The molecule has 0 fully saturated rings. The molecule has 0 aliphatic rings. The summed E-state index contributed by atoms with van der Waals surface area (Å²) in [6.45, 7) is 1.78. The average molecular weight is 407 g/mol. The summed E-state index contributed by atoms with van der Waals surface area (Å²) in [5.74, 6) is 0.201. The van der Waals surface area contributed by atoms with Crippen molar-refractivity contribution in [1.29, 1.82) is 0 Å². The van der Waals surface area contributed by atoms with Gasteiger partial charge in [0.05, 0.1) is 23.6 Å². The van der Waals surface area contributed by atoms with Crippen molar-refractivity contribution in [2.24, 2.45) is 7.05 Å². The molecule has 5 rings (SSSR count). The van der Waals surface area contributed by atoms with Gasteiger partial charge in [-0.1, -0.05) is 0 Å². The van der Waals surface area contributed by atoms with Crippen LogP contribution in [0.2, 0.25) is 0 Å². The van der Waals surface area contributed by atoms with E-state index in [1.165, 1.54) is 15.6 Å². The molecule has 1 aromatic carbocycles. The van der Waals surface area contributed by atoms with E-state index in [4.69, 9.17) is 0 Å². The molecule has 0 aliphatic heterocycles. The molecule has 2 N–H and O–H groups in total. The van der Waals surface area contributed by atoms with Gasteiger partial charge in [0.15, 0.2) is 5.65 Å². The van der Waals surface area contributed by atoms with Gasteiger partial charge in [0, 0.05) is 18.7 Å². The topological polar surface area (TPSA) is 136 Å². The standard InChI is InChI=1S/C17H13N9O2S/c1-8-5-13(19-15(27)9-3-4-11-12(6-9)24-29-23-11)26(22-8)17-20-14-10(16(28)21-17)7-18-25(14)2/h3-7H,1-2H3,(H,19,27)(H,20,21,28). The summed E-state index contributed by atoms with van der Waals surface area (Å²) in [4.78, 5) is 32.2. The fourth-order valence-corrected chi connectivity index (χ4v) is 3.50. The quantitative estimate of drug-likeness (QED) is 0.461. The van der Waals surface area contributed by atoms with E-state index in [2.05, 4.69) is 34.2 Å². The molecule has 0 radical (unpaired) electrons. The van der Waals surface area contributed by atoms with Gasteiger partial charge in [-0.25, -0.2) is 0 Å². The summed E-state index contributed by atoms with van der Waals surface area (Å²) >= 11 is 1.09. The van der Waals surface area contributed by atoms with Crippen molar-refractivity contribution in [3.8, 4) is 5.95 Å². The third kappa shape index (κ3) is 2.86. The lowest BCUT2D eigenvalue weighted by atomic mass is 10.2. The normalized spacial score (nSPS) is 11.4. The predicted molar refractivity (Wildman–Crippen MR) is 106 cm³/mol. The Labute approximate surface area is 166 Å². The first-order valence-electron chi connectivity index (χ1n) is 8.52. The number of fused-ring (bicyclic) bond motifs is 2. The maximum atomic E-state index is 12.8. The van der Waals surface area contributed by atoms with Crippen LogP contribution in [0.15, 0.2) is 35.3 Å². The fourth-order valence-electron chi connectivity index (χ4n) is 2.98. The molecule has 11 nitrogen and oxygen atoms in total. The zero-order chi connectivity index (χ0) is 20.1. The van der Waals surface area contributed by atoms with Crippen LogP contribution in [0.25, 0.3) is 28.0 Å². The lowest BCUT2D eigenvalue weighted by Gasteiger charge is -2.08. The fraction of sp³-hybridized carbons (Fsp3) is 0.118. The Bertz CT molecular complexity index is 1460. The Morgan fingerprint density at radius 2 is 2.03 bits per heavy atom. The van der Waals surface area contributed by atoms with Crippen LogP contribution in [-0.2, 0) is 7.05 Å². The Kier molecular flexibility index (Phi) is 3.74. The molecule has 0 saturated carbocycles. The van der Waals surface area contributed by atoms with Crippen molar-refractivity contribution in [3.05, 3.63) is 52.1 Å².